The van der Waals surface area contributed by atoms with Crippen LogP contribution in [0.4, 0.5) is 0 Å². The number of carbonyl (C=O) groups excluding carboxylic acids is 1. The summed E-state index contributed by atoms with van der Waals surface area (Å²) in [5.41, 5.74) is 0.889. The van der Waals surface area contributed by atoms with Crippen LogP contribution >= 0.6 is 0 Å². The highest BCUT2D eigenvalue weighted by molar-refractivity contribution is 5.86. The van der Waals surface area contributed by atoms with Gasteiger partial charge in [-0.15, -0.1) is 0 Å². The number of carbonyl (C=O) groups is 2. The van der Waals surface area contributed by atoms with E-state index in [2.05, 4.69) is 5.32 Å². The lowest BCUT2D eigenvalue weighted by Gasteiger charge is -2.06. The molecule has 0 bridgehead atoms. The van der Waals surface area contributed by atoms with Crippen LogP contribution in [0, 0.1) is 0 Å². The zero-order chi connectivity index (χ0) is 15.2. The normalized spacial score (nSPS) is 10.3. The second-order valence-corrected chi connectivity index (χ2v) is 4.72. The molecule has 0 fully saturated rings. The van der Waals surface area contributed by atoms with Crippen LogP contribution in [0.3, 0.4) is 0 Å². The Morgan fingerprint density at radius 1 is 1.14 bits per heavy atom. The number of ether oxygens (including phenoxy) is 1. The number of hydrogen-bond donors (Lipinski definition) is 2. The fraction of sp³-hybridized carbons (Fsp3) is 0.250. The lowest BCUT2D eigenvalue weighted by atomic mass is 10.0. The topological polar surface area (TPSA) is 75.6 Å². The second kappa shape index (κ2) is 6.74. The van der Waals surface area contributed by atoms with Crippen molar-refractivity contribution in [3.05, 3.63) is 42.0 Å². The monoisotopic (exact) mass is 287 g/mol. The average molecular weight is 287 g/mol. The molecule has 5 nitrogen and oxygen atoms in total. The molecule has 2 aromatic rings. The highest BCUT2D eigenvalue weighted by Crippen LogP contribution is 2.22. The number of fused-ring (bicyclic) bond motifs is 1. The van der Waals surface area contributed by atoms with E-state index in [1.807, 2.05) is 36.4 Å². The molecule has 0 heterocycles. The number of nitrogens with one attached hydrogen (secondary N) is 1. The van der Waals surface area contributed by atoms with Gasteiger partial charge in [-0.05, 0) is 28.5 Å². The number of benzene rings is 2. The van der Waals surface area contributed by atoms with Gasteiger partial charge in [0.1, 0.15) is 5.75 Å². The molecule has 0 unspecified atom stereocenters. The SMILES string of the molecule is COc1ccc2cc(CC(=O)NCCC(=O)O)ccc2c1. The van der Waals surface area contributed by atoms with E-state index in [0.29, 0.717) is 0 Å². The van der Waals surface area contributed by atoms with Crippen LogP contribution in [0.2, 0.25) is 0 Å². The summed E-state index contributed by atoms with van der Waals surface area (Å²) in [6, 6.07) is 11.5. The molecule has 0 saturated heterocycles. The van der Waals surface area contributed by atoms with Gasteiger partial charge in [-0.2, -0.15) is 0 Å². The van der Waals surface area contributed by atoms with Gasteiger partial charge in [0.25, 0.3) is 0 Å². The van der Waals surface area contributed by atoms with Crippen molar-refractivity contribution in [3.8, 4) is 5.75 Å². The minimum absolute atomic E-state index is 0.0662. The Morgan fingerprint density at radius 2 is 1.86 bits per heavy atom. The lowest BCUT2D eigenvalue weighted by Crippen LogP contribution is -2.27. The molecule has 0 aliphatic rings. The predicted octanol–water partition coefficient (Wildman–Crippen LogP) is 1.98. The first kappa shape index (κ1) is 14.8. The van der Waals surface area contributed by atoms with Crippen molar-refractivity contribution in [2.45, 2.75) is 12.8 Å². The van der Waals surface area contributed by atoms with E-state index in [1.165, 1.54) is 0 Å². The molecule has 0 aromatic heterocycles. The molecule has 0 aliphatic heterocycles. The van der Waals surface area contributed by atoms with Crippen LogP contribution in [0.5, 0.6) is 5.75 Å². The van der Waals surface area contributed by atoms with Gasteiger partial charge in [0, 0.05) is 6.54 Å². The number of aliphatic carboxylic acids is 1. The van der Waals surface area contributed by atoms with Crippen LogP contribution < -0.4 is 10.1 Å². The summed E-state index contributed by atoms with van der Waals surface area (Å²) < 4.78 is 5.17. The summed E-state index contributed by atoms with van der Waals surface area (Å²) in [6.45, 7) is 0.152. The van der Waals surface area contributed by atoms with E-state index in [0.717, 1.165) is 22.1 Å². The van der Waals surface area contributed by atoms with Gasteiger partial charge in [-0.3, -0.25) is 9.59 Å². The van der Waals surface area contributed by atoms with Gasteiger partial charge in [0.2, 0.25) is 5.91 Å². The molecule has 21 heavy (non-hydrogen) atoms. The molecule has 2 N–H and O–H groups in total. The van der Waals surface area contributed by atoms with Crippen molar-refractivity contribution in [2.24, 2.45) is 0 Å². The van der Waals surface area contributed by atoms with Crippen molar-refractivity contribution in [2.75, 3.05) is 13.7 Å². The molecule has 110 valence electrons. The van der Waals surface area contributed by atoms with Gasteiger partial charge in [-0.1, -0.05) is 24.3 Å². The summed E-state index contributed by atoms with van der Waals surface area (Å²) in [7, 11) is 1.62. The maximum absolute atomic E-state index is 11.7. The first-order valence-electron chi connectivity index (χ1n) is 6.63. The molecule has 0 atom stereocenters. The van der Waals surface area contributed by atoms with Crippen LogP contribution in [0.25, 0.3) is 10.8 Å². The predicted molar refractivity (Wildman–Crippen MR) is 79.5 cm³/mol. The highest BCUT2D eigenvalue weighted by atomic mass is 16.5. The molecular weight excluding hydrogens is 270 g/mol. The van der Waals surface area contributed by atoms with Crippen molar-refractivity contribution < 1.29 is 19.4 Å². The number of rotatable bonds is 6. The fourth-order valence-electron chi connectivity index (χ4n) is 2.07. The molecule has 2 rings (SSSR count). The Labute approximate surface area is 122 Å². The highest BCUT2D eigenvalue weighted by Gasteiger charge is 2.05. The van der Waals surface area contributed by atoms with E-state index in [4.69, 9.17) is 9.84 Å². The van der Waals surface area contributed by atoms with E-state index in [1.54, 1.807) is 7.11 Å². The standard InChI is InChI=1S/C16H17NO4/c1-21-14-5-4-12-8-11(2-3-13(12)10-14)9-15(18)17-7-6-16(19)20/h2-5,8,10H,6-7,9H2,1H3,(H,17,18)(H,19,20). The number of amides is 1. The first-order valence-corrected chi connectivity index (χ1v) is 6.63. The molecule has 0 spiro atoms. The van der Waals surface area contributed by atoms with Gasteiger partial charge in [0.15, 0.2) is 0 Å². The Kier molecular flexibility index (Phi) is 4.77. The second-order valence-electron chi connectivity index (χ2n) is 4.72. The van der Waals surface area contributed by atoms with E-state index in [9.17, 15) is 9.59 Å². The van der Waals surface area contributed by atoms with E-state index < -0.39 is 5.97 Å². The van der Waals surface area contributed by atoms with Gasteiger partial charge >= 0.3 is 5.97 Å². The third-order valence-electron chi connectivity index (χ3n) is 3.14. The average Bonchev–Trinajstić information content (AvgIpc) is 2.46. The molecule has 5 heteroatoms. The number of carboxylic acid groups (broad SMARTS) is 1. The van der Waals surface area contributed by atoms with Crippen molar-refractivity contribution in [1.82, 2.24) is 5.32 Å². The molecule has 0 saturated carbocycles. The Bertz CT molecular complexity index is 666. The van der Waals surface area contributed by atoms with Gasteiger partial charge < -0.3 is 15.2 Å². The smallest absolute Gasteiger partial charge is 0.305 e. The van der Waals surface area contributed by atoms with Crippen molar-refractivity contribution in [3.63, 3.8) is 0 Å². The first-order chi connectivity index (χ1) is 10.1. The van der Waals surface area contributed by atoms with Crippen LogP contribution in [0.15, 0.2) is 36.4 Å². The van der Waals surface area contributed by atoms with Crippen LogP contribution in [-0.2, 0) is 16.0 Å². The number of carboxylic acids is 1. The molecule has 0 aliphatic carbocycles. The van der Waals surface area contributed by atoms with Crippen molar-refractivity contribution >= 4 is 22.6 Å². The van der Waals surface area contributed by atoms with Gasteiger partial charge in [-0.25, -0.2) is 0 Å². The number of methoxy groups -OCH3 is 1. The zero-order valence-electron chi connectivity index (χ0n) is 11.8. The van der Waals surface area contributed by atoms with Crippen LogP contribution in [0.1, 0.15) is 12.0 Å². The summed E-state index contributed by atoms with van der Waals surface area (Å²) >= 11 is 0. The van der Waals surface area contributed by atoms with Gasteiger partial charge in [0.05, 0.1) is 20.0 Å². The van der Waals surface area contributed by atoms with Crippen molar-refractivity contribution in [1.29, 1.82) is 0 Å². The summed E-state index contributed by atoms with van der Waals surface area (Å²) in [6.07, 6.45) is 0.171. The summed E-state index contributed by atoms with van der Waals surface area (Å²) in [4.78, 5) is 22.1. The fourth-order valence-corrected chi connectivity index (χ4v) is 2.07. The molecule has 0 radical (unpaired) electrons. The quantitative estimate of drug-likeness (QED) is 0.852. The third kappa shape index (κ3) is 4.21. The summed E-state index contributed by atoms with van der Waals surface area (Å²) in [5.74, 6) is -0.305. The Hall–Kier alpha value is -2.56. The Morgan fingerprint density at radius 3 is 2.57 bits per heavy atom. The largest absolute Gasteiger partial charge is 0.497 e. The third-order valence-corrected chi connectivity index (χ3v) is 3.14. The van der Waals surface area contributed by atoms with E-state index in [-0.39, 0.29) is 25.3 Å². The summed E-state index contributed by atoms with van der Waals surface area (Å²) in [5, 5.41) is 13.2. The maximum atomic E-state index is 11.7. The minimum Gasteiger partial charge on any atom is -0.497 e. The Balaban J connectivity index is 2.02. The van der Waals surface area contributed by atoms with E-state index >= 15 is 0 Å². The van der Waals surface area contributed by atoms with Crippen LogP contribution in [-0.4, -0.2) is 30.6 Å². The zero-order valence-corrected chi connectivity index (χ0v) is 11.8. The maximum Gasteiger partial charge on any atom is 0.305 e. The molecule has 1 amide bonds. The number of hydrogen-bond acceptors (Lipinski definition) is 3. The molecular formula is C16H17NO4. The minimum atomic E-state index is -0.921. The lowest BCUT2D eigenvalue weighted by molar-refractivity contribution is -0.136. The molecule has 2 aromatic carbocycles.